The highest BCUT2D eigenvalue weighted by Gasteiger charge is 2.30. The molecule has 2 amide bonds. The maximum atomic E-state index is 13.1. The highest BCUT2D eigenvalue weighted by Crippen LogP contribution is 2.32. The van der Waals surface area contributed by atoms with E-state index in [0.717, 1.165) is 36.8 Å². The van der Waals surface area contributed by atoms with Crippen molar-refractivity contribution in [1.82, 2.24) is 14.9 Å². The number of amides is 2. The first kappa shape index (κ1) is 30.4. The molecule has 3 heterocycles. The van der Waals surface area contributed by atoms with Crippen LogP contribution in [-0.2, 0) is 10.2 Å². The van der Waals surface area contributed by atoms with E-state index in [1.54, 1.807) is 52.9 Å². The number of aromatic nitrogens is 2. The molecule has 0 atom stereocenters. The summed E-state index contributed by atoms with van der Waals surface area (Å²) in [6, 6.07) is 13.0. The summed E-state index contributed by atoms with van der Waals surface area (Å²) in [5.74, 6) is 6.14. The molecule has 4 rings (SSSR count). The molecule has 2 aromatic heterocycles. The Balaban J connectivity index is 1.62. The fourth-order valence-electron chi connectivity index (χ4n) is 4.89. The van der Waals surface area contributed by atoms with Gasteiger partial charge in [-0.1, -0.05) is 12.0 Å². The van der Waals surface area contributed by atoms with Crippen LogP contribution in [0.2, 0.25) is 0 Å². The molecule has 0 aliphatic carbocycles. The van der Waals surface area contributed by atoms with E-state index in [1.807, 2.05) is 31.3 Å². The van der Waals surface area contributed by atoms with Crippen molar-refractivity contribution in [2.24, 2.45) is 0 Å². The Bertz CT molecular complexity index is 1540. The van der Waals surface area contributed by atoms with Crippen LogP contribution in [0.3, 0.4) is 0 Å². The molecule has 3 aromatic rings. The highest BCUT2D eigenvalue weighted by molar-refractivity contribution is 6.01. The van der Waals surface area contributed by atoms with Crippen LogP contribution in [0.25, 0.3) is 10.9 Å². The van der Waals surface area contributed by atoms with Crippen molar-refractivity contribution < 1.29 is 19.4 Å². The first-order chi connectivity index (χ1) is 19.8. The Morgan fingerprint density at radius 3 is 2.48 bits per heavy atom. The average molecular weight is 571 g/mol. The summed E-state index contributed by atoms with van der Waals surface area (Å²) in [5.41, 5.74) is 1.60. The van der Waals surface area contributed by atoms with Gasteiger partial charge in [0, 0.05) is 16.9 Å². The Morgan fingerprint density at radius 2 is 1.88 bits per heavy atom. The molecule has 1 fully saturated rings. The molecule has 0 radical (unpaired) electrons. The van der Waals surface area contributed by atoms with Crippen LogP contribution in [0.1, 0.15) is 58.8 Å². The van der Waals surface area contributed by atoms with E-state index < -0.39 is 23.2 Å². The number of carbonyl (C=O) groups excluding carboxylic acids is 1. The maximum Gasteiger partial charge on any atom is 0.415 e. The molecule has 10 heteroatoms. The van der Waals surface area contributed by atoms with E-state index in [9.17, 15) is 20.0 Å². The molecule has 10 nitrogen and oxygen atoms in total. The number of aromatic amines is 1. The fraction of sp³-hybridized carbons (Fsp3) is 0.438. The Labute approximate surface area is 246 Å². The van der Waals surface area contributed by atoms with Crippen LogP contribution < -0.4 is 9.80 Å². The molecule has 2 N–H and O–H groups in total. The van der Waals surface area contributed by atoms with E-state index in [2.05, 4.69) is 32.8 Å². The number of nitriles is 1. The van der Waals surface area contributed by atoms with E-state index in [4.69, 9.17) is 4.74 Å². The van der Waals surface area contributed by atoms with Crippen molar-refractivity contribution in [2.75, 3.05) is 36.5 Å². The third-order valence-electron chi connectivity index (χ3n) is 7.21. The number of carboxylic acid groups (broad SMARTS) is 1. The molecule has 0 bridgehead atoms. The average Bonchev–Trinajstić information content (AvgIpc) is 3.35. The largest absolute Gasteiger partial charge is 0.465 e. The van der Waals surface area contributed by atoms with Crippen LogP contribution in [-0.4, -0.2) is 70.5 Å². The Morgan fingerprint density at radius 1 is 1.17 bits per heavy atom. The topological polar surface area (TPSA) is 126 Å². The van der Waals surface area contributed by atoms with Gasteiger partial charge in [-0.25, -0.2) is 9.59 Å². The Hall–Kier alpha value is -4.54. The van der Waals surface area contributed by atoms with Crippen LogP contribution in [0.15, 0.2) is 42.6 Å². The summed E-state index contributed by atoms with van der Waals surface area (Å²) >= 11 is 0. The number of rotatable bonds is 5. The summed E-state index contributed by atoms with van der Waals surface area (Å²) in [6.45, 7) is 10.6. The number of carbonyl (C=O) groups is 2. The smallest absolute Gasteiger partial charge is 0.415 e. The number of fused-ring (bicyclic) bond motifs is 1. The molecule has 0 spiro atoms. The van der Waals surface area contributed by atoms with Gasteiger partial charge in [0.2, 0.25) is 0 Å². The third kappa shape index (κ3) is 7.02. The number of ether oxygens (including phenoxy) is 1. The zero-order valence-electron chi connectivity index (χ0n) is 25.1. The molecule has 0 saturated carbocycles. The first-order valence-electron chi connectivity index (χ1n) is 14.0. The highest BCUT2D eigenvalue weighted by atomic mass is 16.6. The standard InChI is InChI=1S/C32H38N6O4/c1-31(2,3)42-30(41)37(24-12-13-28(34-20-24)32(4,5)21-33)16-8-9-22-19-25-26(35-22)10-7-11-27(25)38(29(39)40)23-14-17-36(6)18-15-23/h7,10-13,19-20,23,35H,14-18H2,1-6H3,(H,39,40). The minimum absolute atomic E-state index is 0.0245. The summed E-state index contributed by atoms with van der Waals surface area (Å²) in [7, 11) is 2.05. The number of pyridine rings is 1. The van der Waals surface area contributed by atoms with Crippen molar-refractivity contribution in [3.63, 3.8) is 0 Å². The zero-order chi connectivity index (χ0) is 30.7. The second-order valence-electron chi connectivity index (χ2n) is 12.1. The lowest BCUT2D eigenvalue weighted by Gasteiger charge is -2.36. The third-order valence-corrected chi connectivity index (χ3v) is 7.21. The van der Waals surface area contributed by atoms with Gasteiger partial charge in [0.05, 0.1) is 47.0 Å². The molecular formula is C32H38N6O4. The number of nitrogens with zero attached hydrogens (tertiary/aromatic N) is 5. The lowest BCUT2D eigenvalue weighted by molar-refractivity contribution is 0.0585. The van der Waals surface area contributed by atoms with E-state index in [-0.39, 0.29) is 12.6 Å². The minimum Gasteiger partial charge on any atom is -0.465 e. The lowest BCUT2D eigenvalue weighted by Crippen LogP contribution is -2.46. The van der Waals surface area contributed by atoms with Gasteiger partial charge in [-0.15, -0.1) is 0 Å². The van der Waals surface area contributed by atoms with Gasteiger partial charge in [-0.2, -0.15) is 5.26 Å². The quantitative estimate of drug-likeness (QED) is 0.375. The molecule has 1 saturated heterocycles. The summed E-state index contributed by atoms with van der Waals surface area (Å²) in [4.78, 5) is 38.3. The van der Waals surface area contributed by atoms with Crippen molar-refractivity contribution >= 4 is 34.5 Å². The first-order valence-corrected chi connectivity index (χ1v) is 14.0. The minimum atomic E-state index is -0.975. The molecule has 220 valence electrons. The number of benzene rings is 1. The predicted molar refractivity (Wildman–Crippen MR) is 163 cm³/mol. The molecule has 1 aromatic carbocycles. The molecule has 0 unspecified atom stereocenters. The van der Waals surface area contributed by atoms with Gasteiger partial charge >= 0.3 is 12.2 Å². The monoisotopic (exact) mass is 570 g/mol. The second kappa shape index (κ2) is 12.1. The number of nitrogens with one attached hydrogen (secondary N) is 1. The van der Waals surface area contributed by atoms with Crippen molar-refractivity contribution in [2.45, 2.75) is 64.5 Å². The van der Waals surface area contributed by atoms with Gasteiger partial charge in [0.25, 0.3) is 0 Å². The van der Waals surface area contributed by atoms with Crippen LogP contribution >= 0.6 is 0 Å². The summed E-state index contributed by atoms with van der Waals surface area (Å²) in [6.07, 6.45) is 1.52. The molecule has 1 aliphatic rings. The van der Waals surface area contributed by atoms with Crippen LogP contribution in [0.4, 0.5) is 21.0 Å². The second-order valence-corrected chi connectivity index (χ2v) is 12.1. The number of hydrogen-bond acceptors (Lipinski definition) is 6. The fourth-order valence-corrected chi connectivity index (χ4v) is 4.89. The zero-order valence-corrected chi connectivity index (χ0v) is 25.1. The molecular weight excluding hydrogens is 532 g/mol. The van der Waals surface area contributed by atoms with E-state index in [1.165, 1.54) is 9.80 Å². The van der Waals surface area contributed by atoms with Gasteiger partial charge in [-0.05, 0) is 104 Å². The summed E-state index contributed by atoms with van der Waals surface area (Å²) < 4.78 is 5.62. The lowest BCUT2D eigenvalue weighted by atomic mass is 9.91. The van der Waals surface area contributed by atoms with Crippen molar-refractivity contribution in [3.8, 4) is 17.9 Å². The number of likely N-dealkylation sites (tertiary alicyclic amines) is 1. The van der Waals surface area contributed by atoms with E-state index in [0.29, 0.717) is 22.8 Å². The number of H-pyrrole nitrogens is 1. The molecule has 1 aliphatic heterocycles. The van der Waals surface area contributed by atoms with Crippen LogP contribution in [0.5, 0.6) is 0 Å². The normalized spacial score (nSPS) is 14.5. The van der Waals surface area contributed by atoms with Gasteiger partial charge in [0.1, 0.15) is 5.60 Å². The van der Waals surface area contributed by atoms with E-state index >= 15 is 0 Å². The SMILES string of the molecule is CN1CCC(N(C(=O)O)c2cccc3[nH]c(C#CCN(C(=O)OC(C)(C)C)c4ccc(C(C)(C)C#N)nc4)cc23)CC1. The van der Waals surface area contributed by atoms with Gasteiger partial charge in [0.15, 0.2) is 0 Å². The molecule has 42 heavy (non-hydrogen) atoms. The Kier molecular flexibility index (Phi) is 8.79. The number of anilines is 2. The van der Waals surface area contributed by atoms with Gasteiger partial charge in [-0.3, -0.25) is 14.8 Å². The van der Waals surface area contributed by atoms with Crippen LogP contribution in [0, 0.1) is 23.2 Å². The van der Waals surface area contributed by atoms with Crippen molar-refractivity contribution in [1.29, 1.82) is 5.26 Å². The van der Waals surface area contributed by atoms with Crippen molar-refractivity contribution in [3.05, 3.63) is 54.0 Å². The summed E-state index contributed by atoms with van der Waals surface area (Å²) in [5, 5.41) is 20.3. The predicted octanol–water partition coefficient (Wildman–Crippen LogP) is 5.74. The van der Waals surface area contributed by atoms with Gasteiger partial charge < -0.3 is 19.7 Å². The maximum absolute atomic E-state index is 13.1. The number of hydrogen-bond donors (Lipinski definition) is 2. The number of piperidine rings is 1.